The van der Waals surface area contributed by atoms with Crippen LogP contribution in [-0.2, 0) is 14.9 Å². The Labute approximate surface area is 136 Å². The number of nitrogens with zero attached hydrogens (tertiary/aromatic N) is 3. The molecule has 22 heavy (non-hydrogen) atoms. The molecular formula is C14H17BrN4O3. The number of alkyl halides is 1. The summed E-state index contributed by atoms with van der Waals surface area (Å²) in [6.45, 7) is 3.88. The van der Waals surface area contributed by atoms with Gasteiger partial charge in [-0.05, 0) is 30.3 Å². The summed E-state index contributed by atoms with van der Waals surface area (Å²) in [5.41, 5.74) is 1.92. The van der Waals surface area contributed by atoms with E-state index in [1.807, 2.05) is 6.07 Å². The van der Waals surface area contributed by atoms with E-state index in [0.29, 0.717) is 27.8 Å². The predicted molar refractivity (Wildman–Crippen MR) is 85.5 cm³/mol. The number of hydrogen-bond acceptors (Lipinski definition) is 6. The normalized spacial score (nSPS) is 10.9. The molecule has 7 nitrogen and oxygen atoms in total. The molecule has 0 spiro atoms. The molecule has 0 atom stereocenters. The van der Waals surface area contributed by atoms with Crippen molar-refractivity contribution in [1.29, 1.82) is 0 Å². The van der Waals surface area contributed by atoms with Crippen molar-refractivity contribution in [1.82, 2.24) is 10.1 Å². The Bertz CT molecular complexity index is 678. The molecule has 1 aromatic carbocycles. The summed E-state index contributed by atoms with van der Waals surface area (Å²) in [4.78, 5) is 16.2. The zero-order valence-electron chi connectivity index (χ0n) is 12.4. The average Bonchev–Trinajstić information content (AvgIpc) is 2.46. The molecule has 0 unspecified atom stereocenters. The smallest absolute Gasteiger partial charge is 0.307 e. The molecule has 0 amide bonds. The van der Waals surface area contributed by atoms with E-state index in [1.165, 1.54) is 0 Å². The third-order valence-electron chi connectivity index (χ3n) is 2.79. The van der Waals surface area contributed by atoms with Crippen molar-refractivity contribution in [3.8, 4) is 0 Å². The molecule has 1 N–H and O–H groups in total. The van der Waals surface area contributed by atoms with Gasteiger partial charge in [0.1, 0.15) is 5.52 Å². The third-order valence-corrected chi connectivity index (χ3v) is 3.44. The lowest BCUT2D eigenvalue weighted by Gasteiger charge is -2.08. The lowest BCUT2D eigenvalue weighted by molar-refractivity contribution is -0.641. The molecule has 118 valence electrons. The fourth-order valence-corrected chi connectivity index (χ4v) is 2.20. The lowest BCUT2D eigenvalue weighted by Crippen LogP contribution is -2.34. The molecule has 0 bridgehead atoms. The number of ether oxygens (including phenoxy) is 1. The highest BCUT2D eigenvalue weighted by Crippen LogP contribution is 2.13. The summed E-state index contributed by atoms with van der Waals surface area (Å²) in [7, 11) is 0. The SMILES string of the molecule is CC(C)OC(=O)CCNc1nc2ccc(CBr)cc2[n+]([O-])n1. The van der Waals surface area contributed by atoms with Crippen LogP contribution in [0.25, 0.3) is 11.0 Å². The summed E-state index contributed by atoms with van der Waals surface area (Å²) in [5.74, 6) is -0.119. The molecule has 0 fully saturated rings. The summed E-state index contributed by atoms with van der Waals surface area (Å²) < 4.78 is 5.02. The van der Waals surface area contributed by atoms with Gasteiger partial charge in [0, 0.05) is 17.9 Å². The van der Waals surface area contributed by atoms with Crippen LogP contribution in [0.1, 0.15) is 25.8 Å². The Morgan fingerprint density at radius 2 is 2.27 bits per heavy atom. The van der Waals surface area contributed by atoms with E-state index in [4.69, 9.17) is 4.74 Å². The number of esters is 1. The average molecular weight is 369 g/mol. The van der Waals surface area contributed by atoms with Crippen molar-refractivity contribution < 1.29 is 14.4 Å². The zero-order chi connectivity index (χ0) is 16.1. The second-order valence-corrected chi connectivity index (χ2v) is 5.54. The van der Waals surface area contributed by atoms with Crippen LogP contribution >= 0.6 is 15.9 Å². The molecule has 0 radical (unpaired) electrons. The molecule has 0 saturated carbocycles. The fraction of sp³-hybridized carbons (Fsp3) is 0.429. The number of benzene rings is 1. The first-order chi connectivity index (χ1) is 10.5. The topological polar surface area (TPSA) is 91.0 Å². The molecule has 0 aliphatic rings. The van der Waals surface area contributed by atoms with Crippen LogP contribution in [0.3, 0.4) is 0 Å². The predicted octanol–water partition coefficient (Wildman–Crippen LogP) is 1.91. The van der Waals surface area contributed by atoms with E-state index < -0.39 is 0 Å². The standard InChI is InChI=1S/C14H17BrN4O3/c1-9(2)22-13(20)5-6-16-14-17-11-4-3-10(8-15)7-12(11)19(21)18-14/h3-4,7,9H,5-6,8H2,1-2H3,(H,16,17,18). The van der Waals surface area contributed by atoms with Crippen molar-refractivity contribution in [2.24, 2.45) is 0 Å². The van der Waals surface area contributed by atoms with Crippen LogP contribution in [0.4, 0.5) is 5.95 Å². The Morgan fingerprint density at radius 1 is 1.50 bits per heavy atom. The summed E-state index contributed by atoms with van der Waals surface area (Å²) in [6.07, 6.45) is 0.0397. The highest BCUT2D eigenvalue weighted by atomic mass is 79.9. The Kier molecular flexibility index (Phi) is 5.48. The van der Waals surface area contributed by atoms with Gasteiger partial charge in [-0.2, -0.15) is 0 Å². The highest BCUT2D eigenvalue weighted by molar-refractivity contribution is 9.08. The minimum absolute atomic E-state index is 0.142. The minimum atomic E-state index is -0.305. The second kappa shape index (κ2) is 7.35. The maximum absolute atomic E-state index is 11.9. The Hall–Kier alpha value is -1.96. The number of carbonyl (C=O) groups is 1. The van der Waals surface area contributed by atoms with Gasteiger partial charge in [-0.15, -0.1) is 0 Å². The van der Waals surface area contributed by atoms with Gasteiger partial charge in [-0.25, -0.2) is 4.98 Å². The molecule has 0 aliphatic carbocycles. The van der Waals surface area contributed by atoms with Gasteiger partial charge in [0.15, 0.2) is 0 Å². The quantitative estimate of drug-likeness (QED) is 0.362. The van der Waals surface area contributed by atoms with Crippen molar-refractivity contribution >= 4 is 38.9 Å². The maximum atomic E-state index is 11.9. The van der Waals surface area contributed by atoms with E-state index in [9.17, 15) is 10.0 Å². The first kappa shape index (κ1) is 16.4. The molecule has 0 aliphatic heterocycles. The zero-order valence-corrected chi connectivity index (χ0v) is 14.0. The summed E-state index contributed by atoms with van der Waals surface area (Å²) in [6, 6.07) is 5.38. The second-order valence-electron chi connectivity index (χ2n) is 4.98. The lowest BCUT2D eigenvalue weighted by atomic mass is 10.2. The van der Waals surface area contributed by atoms with Crippen LogP contribution in [-0.4, -0.2) is 28.7 Å². The number of halogens is 1. The number of aromatic nitrogens is 3. The Morgan fingerprint density at radius 3 is 2.95 bits per heavy atom. The monoisotopic (exact) mass is 368 g/mol. The third kappa shape index (κ3) is 4.27. The van der Waals surface area contributed by atoms with Gasteiger partial charge in [0.05, 0.1) is 17.6 Å². The van der Waals surface area contributed by atoms with E-state index in [1.54, 1.807) is 26.0 Å². The molecule has 2 aromatic rings. The number of fused-ring (bicyclic) bond motifs is 1. The van der Waals surface area contributed by atoms with Crippen molar-refractivity contribution in [3.63, 3.8) is 0 Å². The molecule has 1 heterocycles. The first-order valence-corrected chi connectivity index (χ1v) is 8.01. The van der Waals surface area contributed by atoms with E-state index >= 15 is 0 Å². The number of carbonyl (C=O) groups excluding carboxylic acids is 1. The van der Waals surface area contributed by atoms with Gasteiger partial charge in [-0.3, -0.25) is 4.79 Å². The summed E-state index contributed by atoms with van der Waals surface area (Å²) in [5, 5.41) is 19.2. The first-order valence-electron chi connectivity index (χ1n) is 6.89. The van der Waals surface area contributed by atoms with Gasteiger partial charge >= 0.3 is 5.97 Å². The van der Waals surface area contributed by atoms with Crippen molar-refractivity contribution in [2.45, 2.75) is 31.7 Å². The largest absolute Gasteiger partial charge is 0.594 e. The van der Waals surface area contributed by atoms with E-state index in [0.717, 1.165) is 5.56 Å². The Balaban J connectivity index is 2.05. The number of rotatable bonds is 6. The maximum Gasteiger partial charge on any atom is 0.307 e. The van der Waals surface area contributed by atoms with Crippen LogP contribution in [0.5, 0.6) is 0 Å². The van der Waals surface area contributed by atoms with E-state index in [2.05, 4.69) is 31.3 Å². The summed E-state index contributed by atoms with van der Waals surface area (Å²) >= 11 is 3.34. The van der Waals surface area contributed by atoms with Crippen molar-refractivity contribution in [3.05, 3.63) is 29.0 Å². The minimum Gasteiger partial charge on any atom is -0.594 e. The van der Waals surface area contributed by atoms with Gasteiger partial charge in [0.2, 0.25) is 0 Å². The van der Waals surface area contributed by atoms with Crippen LogP contribution in [0, 0.1) is 5.21 Å². The number of hydrogen-bond donors (Lipinski definition) is 1. The van der Waals surface area contributed by atoms with Crippen LogP contribution < -0.4 is 10.2 Å². The molecule has 2 rings (SSSR count). The highest BCUT2D eigenvalue weighted by Gasteiger charge is 2.12. The number of nitrogens with one attached hydrogen (secondary N) is 1. The van der Waals surface area contributed by atoms with Gasteiger partial charge in [-0.1, -0.05) is 22.0 Å². The number of anilines is 1. The van der Waals surface area contributed by atoms with Crippen LogP contribution in [0.2, 0.25) is 0 Å². The van der Waals surface area contributed by atoms with Gasteiger partial charge < -0.3 is 15.3 Å². The van der Waals surface area contributed by atoms with Gasteiger partial charge in [0.25, 0.3) is 11.5 Å². The van der Waals surface area contributed by atoms with Crippen LogP contribution in [0.15, 0.2) is 18.2 Å². The fourth-order valence-electron chi connectivity index (χ4n) is 1.85. The molecule has 8 heteroatoms. The molecule has 1 aromatic heterocycles. The molecule has 0 saturated heterocycles. The van der Waals surface area contributed by atoms with Crippen molar-refractivity contribution in [2.75, 3.05) is 11.9 Å². The van der Waals surface area contributed by atoms with E-state index in [-0.39, 0.29) is 24.4 Å². The molecular weight excluding hydrogens is 352 g/mol.